The molecule has 20 heavy (non-hydrogen) atoms. The Morgan fingerprint density at radius 2 is 2.00 bits per heavy atom. The number of ether oxygens (including phenoxy) is 1. The number of rotatable bonds is 5. The summed E-state index contributed by atoms with van der Waals surface area (Å²) in [5.41, 5.74) is 0. The van der Waals surface area contributed by atoms with Crippen molar-refractivity contribution in [1.29, 1.82) is 0 Å². The van der Waals surface area contributed by atoms with Gasteiger partial charge in [0.1, 0.15) is 0 Å². The highest BCUT2D eigenvalue weighted by atomic mass is 16.5. The van der Waals surface area contributed by atoms with Crippen LogP contribution < -0.4 is 15.0 Å². The minimum absolute atomic E-state index is 0.666. The largest absolute Gasteiger partial charge is 0.477 e. The standard InChI is InChI=1S/C15H24N4O/c1-2-4-13(3-1)5-10-20-15-12-17-11-14(18-15)19-8-6-16-7-9-19/h11-13,16H,1-10H2. The monoisotopic (exact) mass is 276 g/mol. The third-order valence-electron chi connectivity index (χ3n) is 4.29. The molecule has 0 atom stereocenters. The summed E-state index contributed by atoms with van der Waals surface area (Å²) in [5.74, 6) is 2.46. The third kappa shape index (κ3) is 3.60. The molecule has 1 saturated heterocycles. The lowest BCUT2D eigenvalue weighted by Crippen LogP contribution is -2.43. The van der Waals surface area contributed by atoms with Crippen LogP contribution >= 0.6 is 0 Å². The quantitative estimate of drug-likeness (QED) is 0.889. The van der Waals surface area contributed by atoms with Gasteiger partial charge in [-0.3, -0.25) is 4.98 Å². The van der Waals surface area contributed by atoms with Crippen molar-refractivity contribution in [1.82, 2.24) is 15.3 Å². The van der Waals surface area contributed by atoms with Crippen molar-refractivity contribution in [2.24, 2.45) is 5.92 Å². The Kier molecular flexibility index (Phi) is 4.69. The summed E-state index contributed by atoms with van der Waals surface area (Å²) in [4.78, 5) is 11.1. The number of nitrogens with one attached hydrogen (secondary N) is 1. The fourth-order valence-electron chi connectivity index (χ4n) is 3.08. The molecule has 0 amide bonds. The summed E-state index contributed by atoms with van der Waals surface area (Å²) in [6, 6.07) is 0. The van der Waals surface area contributed by atoms with Crippen molar-refractivity contribution in [2.75, 3.05) is 37.7 Å². The molecule has 0 aromatic carbocycles. The Labute approximate surface area is 120 Å². The molecule has 1 aliphatic carbocycles. The molecule has 0 spiro atoms. The van der Waals surface area contributed by atoms with Crippen molar-refractivity contribution in [3.05, 3.63) is 12.4 Å². The molecule has 2 heterocycles. The van der Waals surface area contributed by atoms with Crippen molar-refractivity contribution in [3.8, 4) is 5.88 Å². The van der Waals surface area contributed by atoms with Gasteiger partial charge in [-0.15, -0.1) is 0 Å². The summed E-state index contributed by atoms with van der Waals surface area (Å²) in [5, 5.41) is 3.34. The van der Waals surface area contributed by atoms with Crippen LogP contribution in [0.4, 0.5) is 5.82 Å². The Balaban J connectivity index is 1.51. The first-order valence-corrected chi connectivity index (χ1v) is 7.82. The maximum atomic E-state index is 5.78. The minimum atomic E-state index is 0.666. The van der Waals surface area contributed by atoms with Crippen LogP contribution in [0.3, 0.4) is 0 Å². The van der Waals surface area contributed by atoms with Crippen molar-refractivity contribution in [3.63, 3.8) is 0 Å². The number of hydrogen-bond donors (Lipinski definition) is 1. The average Bonchev–Trinajstić information content (AvgIpc) is 3.02. The van der Waals surface area contributed by atoms with E-state index in [0.717, 1.165) is 50.9 Å². The first kappa shape index (κ1) is 13.6. The van der Waals surface area contributed by atoms with Gasteiger partial charge in [-0.1, -0.05) is 25.7 Å². The summed E-state index contributed by atoms with van der Waals surface area (Å²) < 4.78 is 5.78. The van der Waals surface area contributed by atoms with Crippen LogP contribution in [0.5, 0.6) is 5.88 Å². The smallest absolute Gasteiger partial charge is 0.234 e. The van der Waals surface area contributed by atoms with Gasteiger partial charge in [0.25, 0.3) is 0 Å². The van der Waals surface area contributed by atoms with E-state index in [1.165, 1.54) is 25.7 Å². The molecule has 0 bridgehead atoms. The number of aromatic nitrogens is 2. The first-order valence-electron chi connectivity index (χ1n) is 7.82. The van der Waals surface area contributed by atoms with Gasteiger partial charge in [0, 0.05) is 26.2 Å². The van der Waals surface area contributed by atoms with E-state index in [4.69, 9.17) is 4.74 Å². The predicted molar refractivity (Wildman–Crippen MR) is 79.2 cm³/mol. The minimum Gasteiger partial charge on any atom is -0.477 e. The Hall–Kier alpha value is -1.36. The van der Waals surface area contributed by atoms with Gasteiger partial charge in [0.05, 0.1) is 19.0 Å². The second-order valence-corrected chi connectivity index (χ2v) is 5.74. The lowest BCUT2D eigenvalue weighted by molar-refractivity contribution is 0.269. The number of piperazine rings is 1. The van der Waals surface area contributed by atoms with Gasteiger partial charge >= 0.3 is 0 Å². The molecule has 0 unspecified atom stereocenters. The molecule has 1 aromatic rings. The van der Waals surface area contributed by atoms with Gasteiger partial charge < -0.3 is 15.0 Å². The maximum Gasteiger partial charge on any atom is 0.234 e. The molecule has 3 rings (SSSR count). The molecular formula is C15H24N4O. The van der Waals surface area contributed by atoms with Crippen LogP contribution in [0.2, 0.25) is 0 Å². The topological polar surface area (TPSA) is 50.3 Å². The molecule has 5 heteroatoms. The van der Waals surface area contributed by atoms with Crippen LogP contribution in [0.1, 0.15) is 32.1 Å². The number of nitrogens with zero attached hydrogens (tertiary/aromatic N) is 3. The maximum absolute atomic E-state index is 5.78. The van der Waals surface area contributed by atoms with E-state index in [2.05, 4.69) is 20.2 Å². The molecule has 2 aliphatic rings. The zero-order valence-corrected chi connectivity index (χ0v) is 12.1. The normalized spacial score (nSPS) is 20.3. The Morgan fingerprint density at radius 1 is 1.20 bits per heavy atom. The molecule has 1 N–H and O–H groups in total. The van der Waals surface area contributed by atoms with Crippen LogP contribution in [-0.4, -0.2) is 42.8 Å². The van der Waals surface area contributed by atoms with Crippen molar-refractivity contribution < 1.29 is 4.74 Å². The Morgan fingerprint density at radius 3 is 2.80 bits per heavy atom. The average molecular weight is 276 g/mol. The molecule has 1 aliphatic heterocycles. The third-order valence-corrected chi connectivity index (χ3v) is 4.29. The Bertz CT molecular complexity index is 414. The van der Waals surface area contributed by atoms with Crippen LogP contribution in [0.25, 0.3) is 0 Å². The molecule has 0 radical (unpaired) electrons. The van der Waals surface area contributed by atoms with E-state index in [-0.39, 0.29) is 0 Å². The van der Waals surface area contributed by atoms with Gasteiger partial charge in [0.2, 0.25) is 5.88 Å². The second-order valence-electron chi connectivity index (χ2n) is 5.74. The van der Waals surface area contributed by atoms with E-state index in [9.17, 15) is 0 Å². The lowest BCUT2D eigenvalue weighted by atomic mass is 10.1. The van der Waals surface area contributed by atoms with Gasteiger partial charge in [-0.25, -0.2) is 0 Å². The van der Waals surface area contributed by atoms with Crippen LogP contribution in [0.15, 0.2) is 12.4 Å². The molecule has 110 valence electrons. The van der Waals surface area contributed by atoms with Crippen LogP contribution in [0, 0.1) is 5.92 Å². The molecule has 1 saturated carbocycles. The van der Waals surface area contributed by atoms with E-state index in [0.29, 0.717) is 5.88 Å². The fourth-order valence-corrected chi connectivity index (χ4v) is 3.08. The van der Waals surface area contributed by atoms with E-state index < -0.39 is 0 Å². The highest BCUT2D eigenvalue weighted by Crippen LogP contribution is 2.27. The summed E-state index contributed by atoms with van der Waals surface area (Å²) in [6.45, 7) is 4.76. The van der Waals surface area contributed by atoms with Gasteiger partial charge in [0.15, 0.2) is 5.82 Å². The number of anilines is 1. The summed E-state index contributed by atoms with van der Waals surface area (Å²) in [7, 11) is 0. The van der Waals surface area contributed by atoms with Gasteiger partial charge in [-0.05, 0) is 12.3 Å². The molecule has 1 aromatic heterocycles. The zero-order chi connectivity index (χ0) is 13.6. The molecule has 5 nitrogen and oxygen atoms in total. The highest BCUT2D eigenvalue weighted by molar-refractivity contribution is 5.38. The van der Waals surface area contributed by atoms with E-state index in [1.54, 1.807) is 6.20 Å². The number of hydrogen-bond acceptors (Lipinski definition) is 5. The van der Waals surface area contributed by atoms with Crippen molar-refractivity contribution >= 4 is 5.82 Å². The molecule has 2 fully saturated rings. The SMILES string of the molecule is c1ncc(N2CCNCC2)nc1OCCC1CCCC1. The first-order chi connectivity index (χ1) is 9.92. The molecular weight excluding hydrogens is 252 g/mol. The summed E-state index contributed by atoms with van der Waals surface area (Å²) >= 11 is 0. The zero-order valence-electron chi connectivity index (χ0n) is 12.1. The fraction of sp³-hybridized carbons (Fsp3) is 0.733. The van der Waals surface area contributed by atoms with E-state index >= 15 is 0 Å². The summed E-state index contributed by atoms with van der Waals surface area (Å²) in [6.07, 6.45) is 10.2. The second kappa shape index (κ2) is 6.88. The van der Waals surface area contributed by atoms with Crippen LogP contribution in [-0.2, 0) is 0 Å². The highest BCUT2D eigenvalue weighted by Gasteiger charge is 2.15. The lowest BCUT2D eigenvalue weighted by Gasteiger charge is -2.28. The predicted octanol–water partition coefficient (Wildman–Crippen LogP) is 1.85. The van der Waals surface area contributed by atoms with Gasteiger partial charge in [-0.2, -0.15) is 4.98 Å². The van der Waals surface area contributed by atoms with E-state index in [1.807, 2.05) is 6.20 Å². The van der Waals surface area contributed by atoms with Crippen molar-refractivity contribution in [2.45, 2.75) is 32.1 Å².